The number of carbonyl (C=O) groups is 1. The Morgan fingerprint density at radius 3 is 2.83 bits per heavy atom. The van der Waals surface area contributed by atoms with Crippen LogP contribution in [0.15, 0.2) is 29.2 Å². The number of nitrogens with zero attached hydrogens (tertiary/aromatic N) is 1. The van der Waals surface area contributed by atoms with E-state index in [1.165, 1.54) is 11.8 Å². The number of nitriles is 1. The van der Waals surface area contributed by atoms with Gasteiger partial charge in [-0.25, -0.2) is 0 Å². The lowest BCUT2D eigenvalue weighted by molar-refractivity contribution is 0.0904. The van der Waals surface area contributed by atoms with Crippen LogP contribution in [0.3, 0.4) is 0 Å². The number of carbonyl (C=O) groups excluding carboxylic acids is 1. The van der Waals surface area contributed by atoms with E-state index in [0.29, 0.717) is 11.3 Å². The third-order valence-electron chi connectivity index (χ3n) is 2.96. The molecular weight excluding hydrogens is 248 g/mol. The van der Waals surface area contributed by atoms with E-state index in [0.717, 1.165) is 17.7 Å². The minimum absolute atomic E-state index is 0.0216. The van der Waals surface area contributed by atoms with Crippen molar-refractivity contribution in [1.82, 2.24) is 5.32 Å². The van der Waals surface area contributed by atoms with Gasteiger partial charge in [0.25, 0.3) is 5.91 Å². The monoisotopic (exact) mass is 262 g/mol. The van der Waals surface area contributed by atoms with Crippen LogP contribution in [0, 0.1) is 11.3 Å². The molecule has 2 rings (SSSR count). The predicted octanol–water partition coefficient (Wildman–Crippen LogP) is 1.56. The third-order valence-corrected chi connectivity index (χ3v) is 3.90. The maximum Gasteiger partial charge on any atom is 0.252 e. The lowest BCUT2D eigenvalue weighted by atomic mass is 10.2. The second-order valence-corrected chi connectivity index (χ2v) is 5.35. The number of aliphatic hydroxyl groups excluding tert-OH is 1. The van der Waals surface area contributed by atoms with Crippen molar-refractivity contribution in [3.05, 3.63) is 29.8 Å². The minimum atomic E-state index is -0.413. The van der Waals surface area contributed by atoms with Gasteiger partial charge in [-0.1, -0.05) is 12.1 Å². The molecule has 0 spiro atoms. The van der Waals surface area contributed by atoms with E-state index in [-0.39, 0.29) is 12.5 Å². The second kappa shape index (κ2) is 5.42. The molecule has 2 N–H and O–H groups in total. The largest absolute Gasteiger partial charge is 0.394 e. The molecule has 0 bridgehead atoms. The number of benzene rings is 1. The Kier molecular flexibility index (Phi) is 3.90. The molecule has 0 atom stereocenters. The lowest BCUT2D eigenvalue weighted by Crippen LogP contribution is -2.39. The van der Waals surface area contributed by atoms with Crippen LogP contribution in [0.5, 0.6) is 0 Å². The number of rotatable bonds is 5. The molecule has 4 nitrogen and oxygen atoms in total. The van der Waals surface area contributed by atoms with Gasteiger partial charge in [-0.2, -0.15) is 5.26 Å². The van der Waals surface area contributed by atoms with Gasteiger partial charge in [0, 0.05) is 4.90 Å². The van der Waals surface area contributed by atoms with Crippen molar-refractivity contribution in [2.45, 2.75) is 23.3 Å². The number of nitrogens with one attached hydrogen (secondary N) is 1. The molecule has 0 saturated heterocycles. The van der Waals surface area contributed by atoms with Gasteiger partial charge in [-0.15, -0.1) is 11.8 Å². The summed E-state index contributed by atoms with van der Waals surface area (Å²) in [5, 5.41) is 20.7. The fourth-order valence-electron chi connectivity index (χ4n) is 1.67. The first kappa shape index (κ1) is 12.9. The third kappa shape index (κ3) is 2.84. The highest BCUT2D eigenvalue weighted by Crippen LogP contribution is 2.35. The number of aliphatic hydroxyl groups is 1. The van der Waals surface area contributed by atoms with Crippen molar-refractivity contribution >= 4 is 17.7 Å². The smallest absolute Gasteiger partial charge is 0.252 e. The quantitative estimate of drug-likeness (QED) is 0.790. The van der Waals surface area contributed by atoms with E-state index in [2.05, 4.69) is 5.32 Å². The molecule has 0 aliphatic heterocycles. The Morgan fingerprint density at radius 2 is 2.22 bits per heavy atom. The maximum atomic E-state index is 12.1. The van der Waals surface area contributed by atoms with Gasteiger partial charge in [0.05, 0.1) is 29.5 Å². The molecule has 0 heterocycles. The van der Waals surface area contributed by atoms with Crippen LogP contribution >= 0.6 is 11.8 Å². The molecule has 1 amide bonds. The molecule has 1 aromatic carbocycles. The maximum absolute atomic E-state index is 12.1. The topological polar surface area (TPSA) is 73.1 Å². The van der Waals surface area contributed by atoms with Gasteiger partial charge in [-0.3, -0.25) is 4.79 Å². The van der Waals surface area contributed by atoms with Gasteiger partial charge in [0.15, 0.2) is 0 Å². The van der Waals surface area contributed by atoms with Crippen molar-refractivity contribution in [3.63, 3.8) is 0 Å². The summed E-state index contributed by atoms with van der Waals surface area (Å²) < 4.78 is 0. The summed E-state index contributed by atoms with van der Waals surface area (Å²) >= 11 is 1.34. The molecule has 18 heavy (non-hydrogen) atoms. The molecule has 0 radical (unpaired) electrons. The van der Waals surface area contributed by atoms with Gasteiger partial charge in [0.2, 0.25) is 0 Å². The van der Waals surface area contributed by atoms with E-state index >= 15 is 0 Å². The molecule has 94 valence electrons. The molecule has 0 unspecified atom stereocenters. The molecule has 1 fully saturated rings. The molecule has 0 aromatic heterocycles. The van der Waals surface area contributed by atoms with E-state index in [1.54, 1.807) is 12.1 Å². The predicted molar refractivity (Wildman–Crippen MR) is 69.3 cm³/mol. The molecule has 1 saturated carbocycles. The summed E-state index contributed by atoms with van der Waals surface area (Å²) in [6.45, 7) is -0.0216. The minimum Gasteiger partial charge on any atom is -0.394 e. The molecule has 1 aromatic rings. The van der Waals surface area contributed by atoms with Crippen LogP contribution in [0.25, 0.3) is 0 Å². The standard InChI is InChI=1S/C13H14N2O2S/c14-7-8-18-11-4-2-1-3-10(11)12(17)15-13(9-16)5-6-13/h1-4,16H,5-6,8-9H2,(H,15,17). The highest BCUT2D eigenvalue weighted by Gasteiger charge is 2.43. The lowest BCUT2D eigenvalue weighted by Gasteiger charge is -2.15. The summed E-state index contributed by atoms with van der Waals surface area (Å²) in [6, 6.07) is 9.25. The number of amides is 1. The van der Waals surface area contributed by atoms with Gasteiger partial charge < -0.3 is 10.4 Å². The van der Waals surface area contributed by atoms with Gasteiger partial charge in [-0.05, 0) is 25.0 Å². The zero-order chi connectivity index (χ0) is 13.0. The van der Waals surface area contributed by atoms with Crippen molar-refractivity contribution in [2.75, 3.05) is 12.4 Å². The molecule has 5 heteroatoms. The summed E-state index contributed by atoms with van der Waals surface area (Å²) in [5.41, 5.74) is 0.154. The van der Waals surface area contributed by atoms with E-state index < -0.39 is 5.54 Å². The summed E-state index contributed by atoms with van der Waals surface area (Å²) in [5.74, 6) is 0.137. The van der Waals surface area contributed by atoms with Crippen LogP contribution in [-0.4, -0.2) is 28.9 Å². The highest BCUT2D eigenvalue weighted by molar-refractivity contribution is 7.99. The Hall–Kier alpha value is -1.51. The van der Waals surface area contributed by atoms with Crippen molar-refractivity contribution in [1.29, 1.82) is 5.26 Å². The Labute approximate surface area is 110 Å². The molecule has 1 aliphatic rings. The summed E-state index contributed by atoms with van der Waals surface area (Å²) in [7, 11) is 0. The zero-order valence-corrected chi connectivity index (χ0v) is 10.7. The molecule has 1 aliphatic carbocycles. The van der Waals surface area contributed by atoms with E-state index in [4.69, 9.17) is 5.26 Å². The van der Waals surface area contributed by atoms with E-state index in [9.17, 15) is 9.90 Å². The highest BCUT2D eigenvalue weighted by atomic mass is 32.2. The first-order valence-corrected chi connectivity index (χ1v) is 6.71. The fourth-order valence-corrected chi connectivity index (χ4v) is 2.38. The molecular formula is C13H14N2O2S. The average Bonchev–Trinajstić information content (AvgIpc) is 3.17. The van der Waals surface area contributed by atoms with Crippen molar-refractivity contribution in [3.8, 4) is 6.07 Å². The average molecular weight is 262 g/mol. The van der Waals surface area contributed by atoms with Crippen LogP contribution < -0.4 is 5.32 Å². The summed E-state index contributed by atoms with van der Waals surface area (Å²) in [6.07, 6.45) is 1.64. The normalized spacial score (nSPS) is 15.8. The van der Waals surface area contributed by atoms with Crippen LogP contribution in [0.4, 0.5) is 0 Å². The fraction of sp³-hybridized carbons (Fsp3) is 0.385. The first-order chi connectivity index (χ1) is 8.71. The van der Waals surface area contributed by atoms with E-state index in [1.807, 2.05) is 18.2 Å². The van der Waals surface area contributed by atoms with Crippen LogP contribution in [-0.2, 0) is 0 Å². The van der Waals surface area contributed by atoms with Crippen molar-refractivity contribution < 1.29 is 9.90 Å². The zero-order valence-electron chi connectivity index (χ0n) is 9.85. The van der Waals surface area contributed by atoms with Crippen LogP contribution in [0.1, 0.15) is 23.2 Å². The SMILES string of the molecule is N#CCSc1ccccc1C(=O)NC1(CO)CC1. The Balaban J connectivity index is 2.12. The van der Waals surface area contributed by atoms with Gasteiger partial charge >= 0.3 is 0 Å². The Bertz CT molecular complexity index is 492. The van der Waals surface area contributed by atoms with Crippen molar-refractivity contribution in [2.24, 2.45) is 0 Å². The van der Waals surface area contributed by atoms with Crippen LogP contribution in [0.2, 0.25) is 0 Å². The second-order valence-electron chi connectivity index (χ2n) is 4.34. The number of hydrogen-bond donors (Lipinski definition) is 2. The number of hydrogen-bond acceptors (Lipinski definition) is 4. The first-order valence-electron chi connectivity index (χ1n) is 5.73. The van der Waals surface area contributed by atoms with Gasteiger partial charge in [0.1, 0.15) is 0 Å². The summed E-state index contributed by atoms with van der Waals surface area (Å²) in [4.78, 5) is 12.9. The Morgan fingerprint density at radius 1 is 1.50 bits per heavy atom. The number of thioether (sulfide) groups is 1.